The van der Waals surface area contributed by atoms with Crippen molar-refractivity contribution in [2.24, 2.45) is 0 Å². The molecule has 0 spiro atoms. The number of aromatic nitrogens is 2. The predicted octanol–water partition coefficient (Wildman–Crippen LogP) is 3.34. The van der Waals surface area contributed by atoms with Crippen molar-refractivity contribution in [2.75, 3.05) is 25.0 Å². The van der Waals surface area contributed by atoms with Gasteiger partial charge in [-0.05, 0) is 69.6 Å². The molecule has 0 aliphatic carbocycles. The van der Waals surface area contributed by atoms with Gasteiger partial charge in [0.2, 0.25) is 5.91 Å². The summed E-state index contributed by atoms with van der Waals surface area (Å²) in [6.45, 7) is 5.13. The van der Waals surface area contributed by atoms with Crippen LogP contribution < -0.4 is 5.32 Å². The van der Waals surface area contributed by atoms with E-state index in [0.29, 0.717) is 12.2 Å². The van der Waals surface area contributed by atoms with E-state index < -0.39 is 0 Å². The number of rotatable bonds is 6. The maximum absolute atomic E-state index is 13.2. The first-order chi connectivity index (χ1) is 11.6. The monoisotopic (exact) mass is 330 g/mol. The molecule has 1 aromatic heterocycles. The van der Waals surface area contributed by atoms with E-state index >= 15 is 0 Å². The van der Waals surface area contributed by atoms with Crippen LogP contribution >= 0.6 is 0 Å². The van der Waals surface area contributed by atoms with Crippen LogP contribution in [-0.2, 0) is 4.79 Å². The molecule has 0 radical (unpaired) electrons. The summed E-state index contributed by atoms with van der Waals surface area (Å²) in [5.74, 6) is 0.213. The van der Waals surface area contributed by atoms with E-state index in [2.05, 4.69) is 20.4 Å². The van der Waals surface area contributed by atoms with Crippen molar-refractivity contribution in [1.29, 1.82) is 0 Å². The summed E-state index contributed by atoms with van der Waals surface area (Å²) in [5, 5.41) is 9.83. The van der Waals surface area contributed by atoms with Crippen molar-refractivity contribution in [1.82, 2.24) is 15.1 Å². The number of halogens is 1. The molecule has 1 aromatic carbocycles. The number of nitrogens with zero attached hydrogens (tertiary/aromatic N) is 2. The van der Waals surface area contributed by atoms with Crippen LogP contribution in [0.4, 0.5) is 10.2 Å². The topological polar surface area (TPSA) is 61.0 Å². The van der Waals surface area contributed by atoms with Crippen LogP contribution in [0, 0.1) is 12.7 Å². The highest BCUT2D eigenvalue weighted by Crippen LogP contribution is 2.24. The molecule has 1 saturated heterocycles. The van der Waals surface area contributed by atoms with Gasteiger partial charge < -0.3 is 10.2 Å². The van der Waals surface area contributed by atoms with Crippen molar-refractivity contribution in [2.45, 2.75) is 32.6 Å². The number of nitrogens with one attached hydrogen (secondary N) is 2. The molecule has 1 amide bonds. The number of H-pyrrole nitrogens is 1. The third kappa shape index (κ3) is 4.20. The average Bonchev–Trinajstić information content (AvgIpc) is 3.19. The highest BCUT2D eigenvalue weighted by molar-refractivity contribution is 5.90. The Morgan fingerprint density at radius 3 is 2.88 bits per heavy atom. The van der Waals surface area contributed by atoms with Gasteiger partial charge in [-0.25, -0.2) is 4.39 Å². The molecule has 6 heteroatoms. The summed E-state index contributed by atoms with van der Waals surface area (Å²) in [5.41, 5.74) is 2.46. The molecule has 2 N–H and O–H groups in total. The summed E-state index contributed by atoms with van der Waals surface area (Å²) in [6, 6.07) is 6.38. The number of carbonyl (C=O) groups is 1. The molecule has 2 heterocycles. The van der Waals surface area contributed by atoms with Gasteiger partial charge in [-0.2, -0.15) is 5.10 Å². The van der Waals surface area contributed by atoms with Crippen LogP contribution in [0.15, 0.2) is 24.3 Å². The minimum Gasteiger partial charge on any atom is -0.309 e. The second-order valence-electron chi connectivity index (χ2n) is 6.33. The summed E-state index contributed by atoms with van der Waals surface area (Å²) in [4.78, 5) is 14.4. The number of likely N-dealkylation sites (tertiary alicyclic amines) is 1. The van der Waals surface area contributed by atoms with Crippen molar-refractivity contribution < 1.29 is 9.18 Å². The molecule has 0 unspecified atom stereocenters. The Morgan fingerprint density at radius 1 is 1.33 bits per heavy atom. The van der Waals surface area contributed by atoms with E-state index in [1.165, 1.54) is 25.0 Å². The van der Waals surface area contributed by atoms with E-state index in [1.807, 2.05) is 6.92 Å². The normalized spacial score (nSPS) is 14.9. The van der Waals surface area contributed by atoms with Crippen LogP contribution in [0.25, 0.3) is 11.3 Å². The molecular formula is C18H23FN4O. The maximum Gasteiger partial charge on any atom is 0.225 e. The van der Waals surface area contributed by atoms with Crippen LogP contribution in [0.3, 0.4) is 0 Å². The zero-order valence-electron chi connectivity index (χ0n) is 13.9. The quantitative estimate of drug-likeness (QED) is 0.854. The molecule has 2 aromatic rings. The van der Waals surface area contributed by atoms with Gasteiger partial charge in [-0.3, -0.25) is 9.89 Å². The molecule has 0 saturated carbocycles. The second-order valence-corrected chi connectivity index (χ2v) is 6.33. The fourth-order valence-electron chi connectivity index (χ4n) is 3.13. The van der Waals surface area contributed by atoms with Crippen molar-refractivity contribution in [3.05, 3.63) is 35.6 Å². The van der Waals surface area contributed by atoms with E-state index in [9.17, 15) is 9.18 Å². The molecule has 0 bridgehead atoms. The summed E-state index contributed by atoms with van der Waals surface area (Å²) in [7, 11) is 0. The number of hydrogen-bond donors (Lipinski definition) is 2. The molecule has 1 fully saturated rings. The first kappa shape index (κ1) is 16.6. The summed E-state index contributed by atoms with van der Waals surface area (Å²) < 4.78 is 13.2. The van der Waals surface area contributed by atoms with Gasteiger partial charge in [0.15, 0.2) is 5.82 Å². The second kappa shape index (κ2) is 7.57. The van der Waals surface area contributed by atoms with Crippen molar-refractivity contribution in [3.63, 3.8) is 0 Å². The fourth-order valence-corrected chi connectivity index (χ4v) is 3.13. The van der Waals surface area contributed by atoms with E-state index in [1.54, 1.807) is 12.1 Å². The van der Waals surface area contributed by atoms with Crippen LogP contribution in [0.1, 0.15) is 31.2 Å². The number of aryl methyl sites for hydroxylation is 1. The van der Waals surface area contributed by atoms with Gasteiger partial charge in [-0.15, -0.1) is 0 Å². The zero-order chi connectivity index (χ0) is 16.9. The number of benzene rings is 1. The lowest BCUT2D eigenvalue weighted by atomic mass is 10.1. The minimum atomic E-state index is -0.262. The third-order valence-electron chi connectivity index (χ3n) is 4.40. The molecule has 1 aliphatic rings. The van der Waals surface area contributed by atoms with Gasteiger partial charge in [0.25, 0.3) is 0 Å². The predicted molar refractivity (Wildman–Crippen MR) is 92.3 cm³/mol. The Kier molecular flexibility index (Phi) is 5.25. The number of anilines is 1. The Bertz CT molecular complexity index is 707. The molecular weight excluding hydrogens is 307 g/mol. The molecule has 1 aliphatic heterocycles. The standard InChI is InChI=1S/C18H23FN4O/c1-13-11-14(19)6-7-15(13)16-12-17(22-21-16)20-18(24)5-4-10-23-8-2-3-9-23/h6-7,11-12H,2-5,8-10H2,1H3,(H2,20,21,22,24). The van der Waals surface area contributed by atoms with Gasteiger partial charge in [-0.1, -0.05) is 0 Å². The van der Waals surface area contributed by atoms with Gasteiger partial charge in [0.05, 0.1) is 5.69 Å². The Balaban J connectivity index is 1.52. The number of aromatic amines is 1. The molecule has 128 valence electrons. The van der Waals surface area contributed by atoms with Gasteiger partial charge >= 0.3 is 0 Å². The molecule has 24 heavy (non-hydrogen) atoms. The number of amides is 1. The first-order valence-electron chi connectivity index (χ1n) is 8.46. The van der Waals surface area contributed by atoms with E-state index in [-0.39, 0.29) is 11.7 Å². The lowest BCUT2D eigenvalue weighted by Crippen LogP contribution is -2.22. The highest BCUT2D eigenvalue weighted by atomic mass is 19.1. The maximum atomic E-state index is 13.2. The Hall–Kier alpha value is -2.21. The molecule has 5 nitrogen and oxygen atoms in total. The first-order valence-corrected chi connectivity index (χ1v) is 8.46. The number of carbonyl (C=O) groups excluding carboxylic acids is 1. The summed E-state index contributed by atoms with van der Waals surface area (Å²) >= 11 is 0. The average molecular weight is 330 g/mol. The fraction of sp³-hybridized carbons (Fsp3) is 0.444. The highest BCUT2D eigenvalue weighted by Gasteiger charge is 2.13. The van der Waals surface area contributed by atoms with Crippen LogP contribution in [-0.4, -0.2) is 40.6 Å². The minimum absolute atomic E-state index is 0.0249. The SMILES string of the molecule is Cc1cc(F)ccc1-c1cc(NC(=O)CCCN2CCCC2)n[nH]1. The van der Waals surface area contributed by atoms with Crippen LogP contribution in [0.5, 0.6) is 0 Å². The zero-order valence-corrected chi connectivity index (χ0v) is 13.9. The van der Waals surface area contributed by atoms with Crippen molar-refractivity contribution in [3.8, 4) is 11.3 Å². The van der Waals surface area contributed by atoms with Gasteiger partial charge in [0.1, 0.15) is 5.82 Å². The lowest BCUT2D eigenvalue weighted by Gasteiger charge is -2.13. The molecule has 0 atom stereocenters. The van der Waals surface area contributed by atoms with Crippen LogP contribution in [0.2, 0.25) is 0 Å². The van der Waals surface area contributed by atoms with Gasteiger partial charge in [0, 0.05) is 18.1 Å². The lowest BCUT2D eigenvalue weighted by molar-refractivity contribution is -0.116. The third-order valence-corrected chi connectivity index (χ3v) is 4.40. The van der Waals surface area contributed by atoms with Crippen molar-refractivity contribution >= 4 is 11.7 Å². The Morgan fingerprint density at radius 2 is 2.12 bits per heavy atom. The molecule has 3 rings (SSSR count). The smallest absolute Gasteiger partial charge is 0.225 e. The van der Waals surface area contributed by atoms with E-state index in [0.717, 1.165) is 42.9 Å². The largest absolute Gasteiger partial charge is 0.309 e. The van der Waals surface area contributed by atoms with E-state index in [4.69, 9.17) is 0 Å². The summed E-state index contributed by atoms with van der Waals surface area (Å²) in [6.07, 6.45) is 3.89. The Labute approximate surface area is 141 Å². The number of hydrogen-bond acceptors (Lipinski definition) is 3.